The highest BCUT2D eigenvalue weighted by atomic mass is 16.5. The lowest BCUT2D eigenvalue weighted by molar-refractivity contribution is 0.290. The zero-order valence-electron chi connectivity index (χ0n) is 9.17. The summed E-state index contributed by atoms with van der Waals surface area (Å²) in [5.41, 5.74) is 6.96. The molecule has 0 bridgehead atoms. The van der Waals surface area contributed by atoms with Crippen LogP contribution in [0.25, 0.3) is 0 Å². The first-order valence-electron chi connectivity index (χ1n) is 5.85. The maximum atomic E-state index is 5.59. The Bertz CT molecular complexity index is 398. The lowest BCUT2D eigenvalue weighted by Crippen LogP contribution is -2.20. The molecule has 1 fully saturated rings. The molecule has 0 saturated heterocycles. The number of nitrogens with zero attached hydrogens (tertiary/aromatic N) is 1. The van der Waals surface area contributed by atoms with Crippen LogP contribution in [0.4, 0.5) is 0 Å². The van der Waals surface area contributed by atoms with Gasteiger partial charge in [-0.2, -0.15) is 0 Å². The Hall–Kier alpha value is -1.51. The van der Waals surface area contributed by atoms with E-state index < -0.39 is 0 Å². The molecule has 0 aromatic heterocycles. The Morgan fingerprint density at radius 2 is 2.00 bits per heavy atom. The van der Waals surface area contributed by atoms with Crippen molar-refractivity contribution in [1.82, 2.24) is 0 Å². The molecular weight excluding hydrogens is 200 g/mol. The molecule has 3 heteroatoms. The van der Waals surface area contributed by atoms with Crippen molar-refractivity contribution in [3.05, 3.63) is 35.9 Å². The van der Waals surface area contributed by atoms with Crippen LogP contribution in [0.5, 0.6) is 0 Å². The smallest absolute Gasteiger partial charge is 0.282 e. The minimum Gasteiger partial charge on any atom is -0.463 e. The van der Waals surface area contributed by atoms with Crippen LogP contribution in [-0.2, 0) is 4.74 Å². The number of hydrogen-bond donors (Lipinski definition) is 1. The van der Waals surface area contributed by atoms with E-state index in [0.717, 1.165) is 5.92 Å². The van der Waals surface area contributed by atoms with Crippen LogP contribution in [0.1, 0.15) is 24.3 Å². The van der Waals surface area contributed by atoms with Crippen molar-refractivity contribution in [2.45, 2.75) is 24.8 Å². The van der Waals surface area contributed by atoms with E-state index in [0.29, 0.717) is 18.5 Å². The summed E-state index contributed by atoms with van der Waals surface area (Å²) in [6.07, 6.45) is 2.62. The van der Waals surface area contributed by atoms with Gasteiger partial charge in [0.2, 0.25) is 0 Å². The minimum atomic E-state index is 0.218. The molecular formula is C13H16N2O. The number of nitrogens with two attached hydrogens (primary N) is 1. The van der Waals surface area contributed by atoms with E-state index in [4.69, 9.17) is 10.5 Å². The fraction of sp³-hybridized carbons (Fsp3) is 0.462. The molecule has 1 unspecified atom stereocenters. The summed E-state index contributed by atoms with van der Waals surface area (Å²) >= 11 is 0. The average Bonchev–Trinajstić information content (AvgIpc) is 3.04. The average molecular weight is 216 g/mol. The molecule has 16 heavy (non-hydrogen) atoms. The highest BCUT2D eigenvalue weighted by Crippen LogP contribution is 2.45. The van der Waals surface area contributed by atoms with Gasteiger partial charge in [-0.3, -0.25) is 0 Å². The lowest BCUT2D eigenvalue weighted by atomic mass is 9.88. The van der Waals surface area contributed by atoms with Crippen molar-refractivity contribution >= 4 is 6.02 Å². The van der Waals surface area contributed by atoms with Gasteiger partial charge in [0.1, 0.15) is 6.61 Å². The lowest BCUT2D eigenvalue weighted by Gasteiger charge is -2.20. The second kappa shape index (κ2) is 3.81. The summed E-state index contributed by atoms with van der Waals surface area (Å²) < 4.78 is 5.27. The molecule has 3 nitrogen and oxygen atoms in total. The standard InChI is InChI=1S/C13H16N2O/c14-13-15-11(8-16-13)12(10-6-7-10)9-4-2-1-3-5-9/h1-5,10-12H,6-8H2,(H2,14,15)/t11-,12?/m1/s1. The zero-order valence-corrected chi connectivity index (χ0v) is 9.17. The maximum Gasteiger partial charge on any atom is 0.282 e. The van der Waals surface area contributed by atoms with Crippen LogP contribution in [0.3, 0.4) is 0 Å². The summed E-state index contributed by atoms with van der Waals surface area (Å²) in [5, 5.41) is 0. The first-order valence-corrected chi connectivity index (χ1v) is 5.85. The fourth-order valence-corrected chi connectivity index (χ4v) is 2.53. The number of hydrogen-bond acceptors (Lipinski definition) is 3. The van der Waals surface area contributed by atoms with Crippen molar-refractivity contribution in [3.8, 4) is 0 Å². The molecule has 1 heterocycles. The van der Waals surface area contributed by atoms with Gasteiger partial charge in [0.15, 0.2) is 0 Å². The largest absolute Gasteiger partial charge is 0.463 e. The highest BCUT2D eigenvalue weighted by Gasteiger charge is 2.39. The molecule has 2 aliphatic rings. The molecule has 2 N–H and O–H groups in total. The van der Waals surface area contributed by atoms with Gasteiger partial charge in [0.05, 0.1) is 6.04 Å². The second-order valence-corrected chi connectivity index (χ2v) is 4.62. The number of rotatable bonds is 3. The summed E-state index contributed by atoms with van der Waals surface area (Å²) in [6, 6.07) is 11.2. The molecule has 84 valence electrons. The molecule has 1 aliphatic carbocycles. The Balaban J connectivity index is 1.87. The van der Waals surface area contributed by atoms with Crippen molar-refractivity contribution < 1.29 is 4.74 Å². The molecule has 0 radical (unpaired) electrons. The Morgan fingerprint density at radius 1 is 1.25 bits per heavy atom. The third kappa shape index (κ3) is 1.77. The van der Waals surface area contributed by atoms with Crippen LogP contribution < -0.4 is 5.73 Å². The van der Waals surface area contributed by atoms with E-state index >= 15 is 0 Å². The number of amidine groups is 1. The first kappa shape index (κ1) is 9.70. The van der Waals surface area contributed by atoms with Crippen molar-refractivity contribution in [3.63, 3.8) is 0 Å². The Morgan fingerprint density at radius 3 is 2.56 bits per heavy atom. The molecule has 0 amide bonds. The van der Waals surface area contributed by atoms with E-state index in [2.05, 4.69) is 35.3 Å². The van der Waals surface area contributed by atoms with Gasteiger partial charge < -0.3 is 10.5 Å². The van der Waals surface area contributed by atoms with Gasteiger partial charge in [-0.1, -0.05) is 30.3 Å². The minimum absolute atomic E-state index is 0.218. The molecule has 1 aromatic rings. The normalized spacial score (nSPS) is 26.0. The summed E-state index contributed by atoms with van der Waals surface area (Å²) in [4.78, 5) is 4.40. The van der Waals surface area contributed by atoms with Crippen LogP contribution in [0.2, 0.25) is 0 Å². The third-order valence-corrected chi connectivity index (χ3v) is 3.42. The van der Waals surface area contributed by atoms with Gasteiger partial charge >= 0.3 is 0 Å². The quantitative estimate of drug-likeness (QED) is 0.838. The highest BCUT2D eigenvalue weighted by molar-refractivity contribution is 5.73. The predicted molar refractivity (Wildman–Crippen MR) is 63.3 cm³/mol. The van der Waals surface area contributed by atoms with Crippen LogP contribution in [-0.4, -0.2) is 18.7 Å². The van der Waals surface area contributed by atoms with Gasteiger partial charge in [-0.25, -0.2) is 4.99 Å². The van der Waals surface area contributed by atoms with Crippen molar-refractivity contribution in [1.29, 1.82) is 0 Å². The third-order valence-electron chi connectivity index (χ3n) is 3.42. The van der Waals surface area contributed by atoms with Gasteiger partial charge in [-0.15, -0.1) is 0 Å². The fourth-order valence-electron chi connectivity index (χ4n) is 2.53. The van der Waals surface area contributed by atoms with E-state index in [-0.39, 0.29) is 6.04 Å². The molecule has 1 aromatic carbocycles. The molecule has 1 saturated carbocycles. The summed E-state index contributed by atoms with van der Waals surface area (Å²) in [7, 11) is 0. The molecule has 2 atom stereocenters. The molecule has 1 aliphatic heterocycles. The topological polar surface area (TPSA) is 47.6 Å². The monoisotopic (exact) mass is 216 g/mol. The van der Waals surface area contributed by atoms with E-state index in [1.807, 2.05) is 0 Å². The van der Waals surface area contributed by atoms with Crippen molar-refractivity contribution in [2.75, 3.05) is 6.61 Å². The SMILES string of the molecule is NC1=N[C@@H](C(c2ccccc2)C2CC2)CO1. The number of aliphatic imine (C=N–C) groups is 1. The molecule has 3 rings (SSSR count). The Labute approximate surface area is 95.3 Å². The van der Waals surface area contributed by atoms with E-state index in [1.54, 1.807) is 0 Å². The number of ether oxygens (including phenoxy) is 1. The van der Waals surface area contributed by atoms with Crippen molar-refractivity contribution in [2.24, 2.45) is 16.6 Å². The number of benzene rings is 1. The molecule has 0 spiro atoms. The van der Waals surface area contributed by atoms with E-state index in [1.165, 1.54) is 18.4 Å². The van der Waals surface area contributed by atoms with Crippen LogP contribution >= 0.6 is 0 Å². The van der Waals surface area contributed by atoms with E-state index in [9.17, 15) is 0 Å². The zero-order chi connectivity index (χ0) is 11.0. The van der Waals surface area contributed by atoms with Crippen LogP contribution in [0.15, 0.2) is 35.3 Å². The summed E-state index contributed by atoms with van der Waals surface area (Å²) in [6.45, 7) is 0.641. The van der Waals surface area contributed by atoms with Gasteiger partial charge in [0.25, 0.3) is 6.02 Å². The predicted octanol–water partition coefficient (Wildman–Crippen LogP) is 1.89. The van der Waals surface area contributed by atoms with Crippen LogP contribution in [0, 0.1) is 5.92 Å². The summed E-state index contributed by atoms with van der Waals surface area (Å²) in [5.74, 6) is 1.26. The second-order valence-electron chi connectivity index (χ2n) is 4.62. The van der Waals surface area contributed by atoms with Gasteiger partial charge in [0, 0.05) is 5.92 Å². The van der Waals surface area contributed by atoms with Gasteiger partial charge in [-0.05, 0) is 24.3 Å². The maximum absolute atomic E-state index is 5.59. The Kier molecular flexibility index (Phi) is 2.31. The first-order chi connectivity index (χ1) is 7.84.